The van der Waals surface area contributed by atoms with Crippen LogP contribution in [0.3, 0.4) is 0 Å². The molecule has 0 radical (unpaired) electrons. The molecule has 0 saturated heterocycles. The van der Waals surface area contributed by atoms with Crippen LogP contribution in [0.4, 0.5) is 0 Å². The van der Waals surface area contributed by atoms with Crippen LogP contribution in [0.1, 0.15) is 232 Å². The van der Waals surface area contributed by atoms with Gasteiger partial charge in [0.2, 0.25) is 0 Å². The van der Waals surface area contributed by atoms with Gasteiger partial charge in [-0.25, -0.2) is 0 Å². The van der Waals surface area contributed by atoms with Gasteiger partial charge in [0.15, 0.2) is 0 Å². The van der Waals surface area contributed by atoms with Crippen molar-refractivity contribution in [1.82, 2.24) is 0 Å². The highest BCUT2D eigenvalue weighted by atomic mass is 31.1. The van der Waals surface area contributed by atoms with Crippen molar-refractivity contribution in [3.63, 3.8) is 0 Å². The fourth-order valence-electron chi connectivity index (χ4n) is 6.64. The second kappa shape index (κ2) is 27.7. The van der Waals surface area contributed by atoms with E-state index in [4.69, 9.17) is 9.05 Å². The quantitative estimate of drug-likeness (QED) is 0.0622. The Hall–Kier alpha value is -0.960. The summed E-state index contributed by atoms with van der Waals surface area (Å²) in [7, 11) is -2.15. The average Bonchev–Trinajstić information content (AvgIpc) is 3.02. The van der Waals surface area contributed by atoms with Gasteiger partial charge in [0.1, 0.15) is 19.0 Å². The van der Waals surface area contributed by atoms with E-state index < -0.39 is 8.25 Å². The van der Waals surface area contributed by atoms with Crippen molar-refractivity contribution < 1.29 is 18.7 Å². The fraction of sp³-hybridized carbons (Fsp3) is 0.860. The van der Waals surface area contributed by atoms with Gasteiger partial charge in [-0.3, -0.25) is 0 Å². The van der Waals surface area contributed by atoms with E-state index in [-0.39, 0.29) is 17.4 Å². The Balaban J connectivity index is 1.91. The first-order chi connectivity index (χ1) is 23.0. The number of benzene rings is 1. The lowest BCUT2D eigenvalue weighted by Gasteiger charge is -2.28. The van der Waals surface area contributed by atoms with E-state index in [1.807, 2.05) is 12.1 Å². The Kier molecular flexibility index (Phi) is 26.0. The molecule has 1 N–H and O–H groups in total. The van der Waals surface area contributed by atoms with Crippen LogP contribution in [-0.2, 0) is 31.0 Å². The number of aromatic hydroxyl groups is 1. The van der Waals surface area contributed by atoms with Crippen LogP contribution in [0.5, 0.6) is 5.75 Å². The molecule has 1 aromatic carbocycles. The number of hydrogen-bond acceptors (Lipinski definition) is 4. The Morgan fingerprint density at radius 1 is 0.500 bits per heavy atom. The van der Waals surface area contributed by atoms with Gasteiger partial charge in [-0.2, -0.15) is 0 Å². The number of phenols is 1. The van der Waals surface area contributed by atoms with Crippen molar-refractivity contribution in [3.05, 3.63) is 28.8 Å². The Labute approximate surface area is 300 Å². The lowest BCUT2D eigenvalue weighted by Crippen LogP contribution is -2.18. The normalized spacial score (nSPS) is 12.6. The Morgan fingerprint density at radius 2 is 0.792 bits per heavy atom. The zero-order valence-corrected chi connectivity index (χ0v) is 34.0. The molecule has 0 amide bonds. The van der Waals surface area contributed by atoms with Gasteiger partial charge in [-0.15, -0.1) is 9.05 Å². The summed E-state index contributed by atoms with van der Waals surface area (Å²) in [5.74, 6) is 0.347. The van der Waals surface area contributed by atoms with E-state index in [0.717, 1.165) is 29.5 Å². The Morgan fingerprint density at radius 3 is 1.08 bits per heavy atom. The first-order valence-corrected chi connectivity index (χ1v) is 21.7. The third-order valence-corrected chi connectivity index (χ3v) is 10.6. The molecule has 5 heteroatoms. The highest BCUT2D eigenvalue weighted by Gasteiger charge is 2.28. The van der Waals surface area contributed by atoms with Crippen molar-refractivity contribution in [2.24, 2.45) is 0 Å². The van der Waals surface area contributed by atoms with E-state index in [1.165, 1.54) is 154 Å². The topological polar surface area (TPSA) is 55.8 Å². The van der Waals surface area contributed by atoms with Gasteiger partial charge in [0.25, 0.3) is 0 Å². The van der Waals surface area contributed by atoms with E-state index in [1.54, 1.807) is 0 Å². The molecular weight excluding hydrogens is 611 g/mol. The van der Waals surface area contributed by atoms with Crippen LogP contribution in [-0.4, -0.2) is 11.7 Å². The molecule has 0 aromatic heterocycles. The van der Waals surface area contributed by atoms with E-state index >= 15 is 0 Å². The zero-order chi connectivity index (χ0) is 35.5. The molecular formula is C43H80O4P+. The van der Waals surface area contributed by atoms with Crippen molar-refractivity contribution in [2.75, 3.05) is 6.61 Å². The minimum absolute atomic E-state index is 0.205. The fourth-order valence-corrected chi connectivity index (χ4v) is 7.25. The lowest BCUT2D eigenvalue weighted by molar-refractivity contribution is 0.215. The number of rotatable bonds is 31. The molecule has 0 aliphatic carbocycles. The highest BCUT2D eigenvalue weighted by molar-refractivity contribution is 7.33. The van der Waals surface area contributed by atoms with Gasteiger partial charge in [0.05, 0.1) is 0 Å². The van der Waals surface area contributed by atoms with Crippen LogP contribution in [0.15, 0.2) is 12.1 Å². The summed E-state index contributed by atoms with van der Waals surface area (Å²) in [6.45, 7) is 15.5. The Bertz CT molecular complexity index is 895. The molecule has 0 bridgehead atoms. The standard InChI is InChI=1S/C43H79O4P/c1-8-9-10-11-12-13-14-15-16-17-18-19-20-21-22-23-24-25-26-27-28-29-30-31-32-33-34-46-48(45)47-37-38-35-39(42(2,3)4)41(44)40(36-38)43(5,6)7/h35-36H,8-34,37H2,1-7H3/p+1. The summed E-state index contributed by atoms with van der Waals surface area (Å²) < 4.78 is 23.4. The monoisotopic (exact) mass is 692 g/mol. The van der Waals surface area contributed by atoms with Crippen LogP contribution >= 0.6 is 8.25 Å². The molecule has 280 valence electrons. The van der Waals surface area contributed by atoms with Crippen LogP contribution in [0.2, 0.25) is 0 Å². The van der Waals surface area contributed by atoms with E-state index in [9.17, 15) is 9.67 Å². The van der Waals surface area contributed by atoms with Crippen LogP contribution in [0.25, 0.3) is 0 Å². The van der Waals surface area contributed by atoms with Crippen molar-refractivity contribution >= 4 is 8.25 Å². The predicted octanol–water partition coefficient (Wildman–Crippen LogP) is 15.3. The summed E-state index contributed by atoms with van der Waals surface area (Å²) in [6, 6.07) is 3.94. The van der Waals surface area contributed by atoms with Gasteiger partial charge >= 0.3 is 8.25 Å². The highest BCUT2D eigenvalue weighted by Crippen LogP contribution is 2.40. The molecule has 0 fully saturated rings. The third kappa shape index (κ3) is 23.4. The molecule has 0 saturated carbocycles. The van der Waals surface area contributed by atoms with Crippen LogP contribution in [0, 0.1) is 0 Å². The van der Waals surface area contributed by atoms with Crippen LogP contribution < -0.4 is 0 Å². The van der Waals surface area contributed by atoms with E-state index in [0.29, 0.717) is 12.4 Å². The average molecular weight is 692 g/mol. The molecule has 0 spiro atoms. The zero-order valence-electron chi connectivity index (χ0n) is 33.1. The number of hydrogen-bond donors (Lipinski definition) is 1. The summed E-state index contributed by atoms with van der Waals surface area (Å²) in [5.41, 5.74) is 2.27. The maximum Gasteiger partial charge on any atom is 0.697 e. The minimum Gasteiger partial charge on any atom is -0.507 e. The smallest absolute Gasteiger partial charge is 0.507 e. The van der Waals surface area contributed by atoms with Gasteiger partial charge in [-0.1, -0.05) is 209 Å². The molecule has 1 atom stereocenters. The second-order valence-corrected chi connectivity index (χ2v) is 17.7. The molecule has 1 rings (SSSR count). The first-order valence-electron chi connectivity index (χ1n) is 20.6. The van der Waals surface area contributed by atoms with Gasteiger partial charge in [-0.05, 0) is 46.1 Å². The number of phenolic OH excluding ortho intramolecular Hbond substituents is 1. The minimum atomic E-state index is -2.15. The molecule has 0 aliphatic rings. The summed E-state index contributed by atoms with van der Waals surface area (Å²) in [5, 5.41) is 10.9. The van der Waals surface area contributed by atoms with Gasteiger partial charge < -0.3 is 5.11 Å². The lowest BCUT2D eigenvalue weighted by atomic mass is 9.78. The first kappa shape index (κ1) is 45.1. The maximum absolute atomic E-state index is 12.3. The molecule has 1 aromatic rings. The second-order valence-electron chi connectivity index (χ2n) is 16.7. The predicted molar refractivity (Wildman–Crippen MR) is 210 cm³/mol. The maximum atomic E-state index is 12.3. The summed E-state index contributed by atoms with van der Waals surface area (Å²) in [6.07, 6.45) is 36.0. The third-order valence-electron chi connectivity index (χ3n) is 9.82. The molecule has 1 unspecified atom stereocenters. The molecule has 0 heterocycles. The molecule has 48 heavy (non-hydrogen) atoms. The number of unbranched alkanes of at least 4 members (excludes halogenated alkanes) is 25. The van der Waals surface area contributed by atoms with Crippen molar-refractivity contribution in [2.45, 2.75) is 233 Å². The van der Waals surface area contributed by atoms with Gasteiger partial charge in [0, 0.05) is 4.57 Å². The molecule has 4 nitrogen and oxygen atoms in total. The largest absolute Gasteiger partial charge is 0.697 e. The van der Waals surface area contributed by atoms with Crippen molar-refractivity contribution in [3.8, 4) is 5.75 Å². The molecule has 0 aliphatic heterocycles. The van der Waals surface area contributed by atoms with Crippen molar-refractivity contribution in [1.29, 1.82) is 0 Å². The summed E-state index contributed by atoms with van der Waals surface area (Å²) in [4.78, 5) is 0. The SMILES string of the molecule is CCCCCCCCCCCCCCCCCCCCCCCCCCCCO[P+](=O)OCc1cc(C(C)(C)C)c(O)c(C(C)(C)C)c1. The van der Waals surface area contributed by atoms with E-state index in [2.05, 4.69) is 48.5 Å². The summed E-state index contributed by atoms with van der Waals surface area (Å²) >= 11 is 0.